The van der Waals surface area contributed by atoms with E-state index in [0.29, 0.717) is 6.61 Å². The van der Waals surface area contributed by atoms with Crippen molar-refractivity contribution in [3.8, 4) is 0 Å². The summed E-state index contributed by atoms with van der Waals surface area (Å²) in [7, 11) is 0. The van der Waals surface area contributed by atoms with Gasteiger partial charge in [0.2, 0.25) is 0 Å². The van der Waals surface area contributed by atoms with Crippen LogP contribution in [-0.4, -0.2) is 18.9 Å². The normalized spacial score (nSPS) is 11.6. The molecule has 0 spiro atoms. The molecule has 5 nitrogen and oxygen atoms in total. The lowest BCUT2D eigenvalue weighted by atomic mass is 9.99. The summed E-state index contributed by atoms with van der Waals surface area (Å²) in [5.41, 5.74) is -0.0503. The van der Waals surface area contributed by atoms with Gasteiger partial charge in [-0.05, 0) is 24.3 Å². The van der Waals surface area contributed by atoms with Gasteiger partial charge in [-0.15, -0.1) is 0 Å². The summed E-state index contributed by atoms with van der Waals surface area (Å²) in [4.78, 5) is 19.5. The third-order valence-corrected chi connectivity index (χ3v) is 0.974. The first-order valence-corrected chi connectivity index (χ1v) is 4.48. The van der Waals surface area contributed by atoms with Crippen LogP contribution in [0.1, 0.15) is 34.6 Å². The molecule has 0 radical (unpaired) electrons. The lowest BCUT2D eigenvalue weighted by Crippen LogP contribution is -2.18. The quantitative estimate of drug-likeness (QED) is 0.306. The molecule has 0 heterocycles. The topological polar surface area (TPSA) is 54.0 Å². The highest BCUT2D eigenvalue weighted by molar-refractivity contribution is 5.59. The van der Waals surface area contributed by atoms with Crippen LogP contribution < -0.4 is 0 Å². The molecule has 84 valence electrons. The highest BCUT2D eigenvalue weighted by Gasteiger charge is 2.13. The van der Waals surface area contributed by atoms with Crippen molar-refractivity contribution < 1.29 is 24.3 Å². The molecule has 0 saturated heterocycles. The third-order valence-electron chi connectivity index (χ3n) is 0.974. The molecule has 0 N–H and O–H groups in total. The standard InChI is InChI=1S/C9H18O5/c1-7(2)12-8(10)13-14-11-6-9(3,4)5/h7H,6H2,1-5H3. The summed E-state index contributed by atoms with van der Waals surface area (Å²) in [5, 5.41) is 4.20. The van der Waals surface area contributed by atoms with Crippen molar-refractivity contribution >= 4 is 6.16 Å². The van der Waals surface area contributed by atoms with E-state index in [9.17, 15) is 4.79 Å². The van der Waals surface area contributed by atoms with Gasteiger partial charge in [-0.3, -0.25) is 0 Å². The van der Waals surface area contributed by atoms with Crippen LogP contribution in [0.25, 0.3) is 0 Å². The average Bonchev–Trinajstić information content (AvgIpc) is 1.95. The predicted molar refractivity (Wildman–Crippen MR) is 49.2 cm³/mol. The number of rotatable bonds is 4. The van der Waals surface area contributed by atoms with E-state index in [2.05, 4.69) is 19.6 Å². The van der Waals surface area contributed by atoms with E-state index in [1.54, 1.807) is 13.8 Å². The van der Waals surface area contributed by atoms with Gasteiger partial charge in [0.25, 0.3) is 0 Å². The second kappa shape index (κ2) is 5.82. The van der Waals surface area contributed by atoms with Crippen LogP contribution in [0.5, 0.6) is 0 Å². The zero-order chi connectivity index (χ0) is 11.2. The molecule has 0 aromatic heterocycles. The molecule has 0 aliphatic rings. The number of carbonyl (C=O) groups excluding carboxylic acids is 1. The van der Waals surface area contributed by atoms with E-state index in [0.717, 1.165) is 0 Å². The Morgan fingerprint density at radius 3 is 2.29 bits per heavy atom. The van der Waals surface area contributed by atoms with Crippen LogP contribution in [0.4, 0.5) is 4.79 Å². The summed E-state index contributed by atoms with van der Waals surface area (Å²) >= 11 is 0. The molecule has 0 aliphatic heterocycles. The van der Waals surface area contributed by atoms with Crippen molar-refractivity contribution in [2.75, 3.05) is 6.61 Å². The Labute approximate surface area is 84.1 Å². The van der Waals surface area contributed by atoms with Crippen molar-refractivity contribution in [3.63, 3.8) is 0 Å². The van der Waals surface area contributed by atoms with Crippen molar-refractivity contribution in [1.29, 1.82) is 0 Å². The molecule has 0 aromatic carbocycles. The number of hydrogen-bond donors (Lipinski definition) is 0. The van der Waals surface area contributed by atoms with Gasteiger partial charge in [0.05, 0.1) is 12.7 Å². The predicted octanol–water partition coefficient (Wildman–Crippen LogP) is 2.46. The van der Waals surface area contributed by atoms with Crippen LogP contribution in [0.15, 0.2) is 0 Å². The maximum Gasteiger partial charge on any atom is 0.542 e. The van der Waals surface area contributed by atoms with Gasteiger partial charge in [-0.2, -0.15) is 4.89 Å². The van der Waals surface area contributed by atoms with Gasteiger partial charge in [-0.1, -0.05) is 20.8 Å². The highest BCUT2D eigenvalue weighted by Crippen LogP contribution is 2.12. The third kappa shape index (κ3) is 9.28. The molecule has 14 heavy (non-hydrogen) atoms. The van der Waals surface area contributed by atoms with E-state index in [4.69, 9.17) is 0 Å². The maximum atomic E-state index is 10.7. The van der Waals surface area contributed by atoms with Crippen LogP contribution in [0, 0.1) is 5.41 Å². The van der Waals surface area contributed by atoms with E-state index in [-0.39, 0.29) is 11.5 Å². The minimum absolute atomic E-state index is 0.0503. The molecule has 0 saturated carbocycles. The zero-order valence-electron chi connectivity index (χ0n) is 9.33. The van der Waals surface area contributed by atoms with Crippen LogP contribution >= 0.6 is 0 Å². The Morgan fingerprint density at radius 2 is 1.86 bits per heavy atom. The molecule has 5 heteroatoms. The monoisotopic (exact) mass is 206 g/mol. The molecule has 0 amide bonds. The summed E-state index contributed by atoms with van der Waals surface area (Å²) in [6.45, 7) is 9.62. The van der Waals surface area contributed by atoms with Gasteiger partial charge in [0.15, 0.2) is 0 Å². The van der Waals surface area contributed by atoms with Gasteiger partial charge in [0, 0.05) is 0 Å². The zero-order valence-corrected chi connectivity index (χ0v) is 9.33. The van der Waals surface area contributed by atoms with E-state index in [1.807, 2.05) is 20.8 Å². The van der Waals surface area contributed by atoms with E-state index >= 15 is 0 Å². The Hall–Kier alpha value is -0.810. The number of carbonyl (C=O) groups is 1. The molecular formula is C9H18O5. The molecule has 0 rings (SSSR count). The van der Waals surface area contributed by atoms with Gasteiger partial charge in [0.1, 0.15) is 0 Å². The van der Waals surface area contributed by atoms with Crippen LogP contribution in [0.3, 0.4) is 0 Å². The SMILES string of the molecule is CC(C)OC(=O)OOOCC(C)(C)C. The summed E-state index contributed by atoms with van der Waals surface area (Å²) in [6.07, 6.45) is -1.15. The number of ether oxygens (including phenoxy) is 1. The van der Waals surface area contributed by atoms with Crippen molar-refractivity contribution in [2.45, 2.75) is 40.7 Å². The second-order valence-corrected chi connectivity index (χ2v) is 4.39. The summed E-state index contributed by atoms with van der Waals surface area (Å²) in [6, 6.07) is 0. The van der Waals surface area contributed by atoms with Crippen molar-refractivity contribution in [2.24, 2.45) is 5.41 Å². The largest absolute Gasteiger partial charge is 0.542 e. The Bertz CT molecular complexity index is 171. The molecule has 0 aliphatic carbocycles. The van der Waals surface area contributed by atoms with E-state index < -0.39 is 6.16 Å². The lowest BCUT2D eigenvalue weighted by Gasteiger charge is -2.15. The molecule has 0 bridgehead atoms. The fourth-order valence-electron chi connectivity index (χ4n) is 0.465. The lowest BCUT2D eigenvalue weighted by molar-refractivity contribution is -0.491. The Kier molecular flexibility index (Phi) is 5.49. The molecule has 0 aromatic rings. The number of hydrogen-bond acceptors (Lipinski definition) is 5. The Morgan fingerprint density at radius 1 is 1.29 bits per heavy atom. The fourth-order valence-corrected chi connectivity index (χ4v) is 0.465. The molecular weight excluding hydrogens is 188 g/mol. The summed E-state index contributed by atoms with van der Waals surface area (Å²) < 4.78 is 4.62. The van der Waals surface area contributed by atoms with Crippen molar-refractivity contribution in [3.05, 3.63) is 0 Å². The first kappa shape index (κ1) is 13.2. The Balaban J connectivity index is 3.41. The smallest absolute Gasteiger partial charge is 0.430 e. The molecule has 0 atom stereocenters. The first-order chi connectivity index (χ1) is 6.31. The highest BCUT2D eigenvalue weighted by atomic mass is 17.5. The maximum absolute atomic E-state index is 10.7. The average molecular weight is 206 g/mol. The van der Waals surface area contributed by atoms with Crippen molar-refractivity contribution in [1.82, 2.24) is 0 Å². The van der Waals surface area contributed by atoms with Crippen LogP contribution in [-0.2, 0) is 19.6 Å². The minimum atomic E-state index is -0.908. The second-order valence-electron chi connectivity index (χ2n) is 4.39. The minimum Gasteiger partial charge on any atom is -0.430 e. The van der Waals surface area contributed by atoms with Gasteiger partial charge in [-0.25, -0.2) is 9.68 Å². The van der Waals surface area contributed by atoms with Gasteiger partial charge < -0.3 is 4.74 Å². The van der Waals surface area contributed by atoms with E-state index in [1.165, 1.54) is 0 Å². The van der Waals surface area contributed by atoms with Crippen LogP contribution in [0.2, 0.25) is 0 Å². The summed E-state index contributed by atoms with van der Waals surface area (Å²) in [5.74, 6) is 0. The molecule has 0 fully saturated rings. The fraction of sp³-hybridized carbons (Fsp3) is 0.889. The van der Waals surface area contributed by atoms with Gasteiger partial charge >= 0.3 is 6.16 Å². The molecule has 0 unspecified atom stereocenters. The first-order valence-electron chi connectivity index (χ1n) is 4.48.